The minimum Gasteiger partial charge on any atom is -0.465 e. The summed E-state index contributed by atoms with van der Waals surface area (Å²) in [6.45, 7) is 0. The molecule has 0 heterocycles. The van der Waals surface area contributed by atoms with E-state index in [4.69, 9.17) is 4.74 Å². The minimum atomic E-state index is -0.438. The van der Waals surface area contributed by atoms with E-state index in [1.807, 2.05) is 37.2 Å². The molecule has 0 atom stereocenters. The molecule has 0 bridgehead atoms. The molecular weight excluding hydrogens is 490 g/mol. The van der Waals surface area contributed by atoms with Crippen molar-refractivity contribution in [2.24, 2.45) is 0 Å². The number of amides is 2. The standard InChI is InChI=1S/C32H27N3O4/c1-35(2)26-19-17-24(18-20-26)31(37)34-29-11-7-10-28(33-30(36)23-8-5-4-6-9-23)27(29)21-14-22-12-15-25(16-13-22)32(38)39-3/h4-13,15-20H,1-3H3,(H,33,36)(H,34,37). The van der Waals surface area contributed by atoms with Gasteiger partial charge in [0, 0.05) is 36.5 Å². The lowest BCUT2D eigenvalue weighted by Crippen LogP contribution is -2.16. The van der Waals surface area contributed by atoms with Gasteiger partial charge in [-0.05, 0) is 72.8 Å². The summed E-state index contributed by atoms with van der Waals surface area (Å²) >= 11 is 0. The van der Waals surface area contributed by atoms with Crippen LogP contribution in [-0.2, 0) is 4.74 Å². The van der Waals surface area contributed by atoms with Crippen LogP contribution in [0.4, 0.5) is 17.1 Å². The lowest BCUT2D eigenvalue weighted by Gasteiger charge is -2.14. The summed E-state index contributed by atoms with van der Waals surface area (Å²) in [5, 5.41) is 5.84. The normalized spacial score (nSPS) is 10.0. The zero-order valence-corrected chi connectivity index (χ0v) is 21.8. The van der Waals surface area contributed by atoms with Crippen LogP contribution in [0.2, 0.25) is 0 Å². The number of benzene rings is 4. The third-order valence-electron chi connectivity index (χ3n) is 5.88. The summed E-state index contributed by atoms with van der Waals surface area (Å²) < 4.78 is 4.74. The van der Waals surface area contributed by atoms with Crippen LogP contribution in [0.5, 0.6) is 0 Å². The van der Waals surface area contributed by atoms with Crippen LogP contribution in [0.25, 0.3) is 0 Å². The number of esters is 1. The Morgan fingerprint density at radius 2 is 1.18 bits per heavy atom. The fourth-order valence-electron chi connectivity index (χ4n) is 3.73. The molecule has 39 heavy (non-hydrogen) atoms. The van der Waals surface area contributed by atoms with Gasteiger partial charge in [0.15, 0.2) is 0 Å². The van der Waals surface area contributed by atoms with Gasteiger partial charge in [0.2, 0.25) is 0 Å². The first kappa shape index (κ1) is 26.7. The second kappa shape index (κ2) is 12.3. The third kappa shape index (κ3) is 6.70. The van der Waals surface area contributed by atoms with E-state index >= 15 is 0 Å². The average molecular weight is 518 g/mol. The molecule has 0 saturated carbocycles. The fraction of sp³-hybridized carbons (Fsp3) is 0.0938. The monoisotopic (exact) mass is 517 g/mol. The van der Waals surface area contributed by atoms with Crippen LogP contribution in [0, 0.1) is 11.8 Å². The molecule has 0 radical (unpaired) electrons. The first-order valence-corrected chi connectivity index (χ1v) is 12.1. The number of ether oxygens (including phenoxy) is 1. The molecule has 0 aliphatic heterocycles. The van der Waals surface area contributed by atoms with E-state index in [9.17, 15) is 14.4 Å². The van der Waals surface area contributed by atoms with E-state index in [1.165, 1.54) is 7.11 Å². The Morgan fingerprint density at radius 3 is 1.72 bits per heavy atom. The SMILES string of the molecule is COC(=O)c1ccc(C#Cc2c(NC(=O)c3ccccc3)cccc2NC(=O)c2ccc(N(C)C)cc2)cc1. The molecule has 0 aromatic heterocycles. The highest BCUT2D eigenvalue weighted by atomic mass is 16.5. The smallest absolute Gasteiger partial charge is 0.337 e. The predicted octanol–water partition coefficient (Wildman–Crippen LogP) is 5.44. The third-order valence-corrected chi connectivity index (χ3v) is 5.88. The fourth-order valence-corrected chi connectivity index (χ4v) is 3.73. The molecule has 0 saturated heterocycles. The maximum absolute atomic E-state index is 13.1. The molecule has 2 N–H and O–H groups in total. The van der Waals surface area contributed by atoms with Crippen molar-refractivity contribution in [3.63, 3.8) is 0 Å². The number of nitrogens with one attached hydrogen (secondary N) is 2. The Labute approximate surface area is 227 Å². The molecular formula is C32H27N3O4. The lowest BCUT2D eigenvalue weighted by atomic mass is 10.1. The van der Waals surface area contributed by atoms with Gasteiger partial charge in [-0.2, -0.15) is 0 Å². The maximum Gasteiger partial charge on any atom is 0.337 e. The van der Waals surface area contributed by atoms with Gasteiger partial charge >= 0.3 is 5.97 Å². The Kier molecular flexibility index (Phi) is 8.40. The molecule has 2 amide bonds. The maximum atomic E-state index is 13.1. The van der Waals surface area contributed by atoms with Gasteiger partial charge in [-0.3, -0.25) is 9.59 Å². The molecule has 7 heteroatoms. The number of rotatable bonds is 6. The van der Waals surface area contributed by atoms with Crippen LogP contribution in [0.15, 0.2) is 97.1 Å². The highest BCUT2D eigenvalue weighted by Gasteiger charge is 2.14. The summed E-state index contributed by atoms with van der Waals surface area (Å²) in [6.07, 6.45) is 0. The summed E-state index contributed by atoms with van der Waals surface area (Å²) in [5.74, 6) is 5.11. The Bertz CT molecular complexity index is 1550. The predicted molar refractivity (Wildman–Crippen MR) is 153 cm³/mol. The summed E-state index contributed by atoms with van der Waals surface area (Å²) in [4.78, 5) is 39.7. The van der Waals surface area contributed by atoms with Crippen molar-refractivity contribution in [1.29, 1.82) is 0 Å². The van der Waals surface area contributed by atoms with Crippen LogP contribution in [0.1, 0.15) is 42.2 Å². The summed E-state index contributed by atoms with van der Waals surface area (Å²) in [7, 11) is 5.18. The molecule has 0 fully saturated rings. The number of hydrogen-bond acceptors (Lipinski definition) is 5. The van der Waals surface area contributed by atoms with E-state index < -0.39 is 5.97 Å². The molecule has 194 valence electrons. The Balaban J connectivity index is 1.68. The van der Waals surface area contributed by atoms with Gasteiger partial charge in [0.1, 0.15) is 0 Å². The van der Waals surface area contributed by atoms with E-state index in [1.54, 1.807) is 78.9 Å². The van der Waals surface area contributed by atoms with Gasteiger partial charge in [-0.15, -0.1) is 0 Å². The van der Waals surface area contributed by atoms with Crippen LogP contribution >= 0.6 is 0 Å². The molecule has 0 unspecified atom stereocenters. The first-order valence-electron chi connectivity index (χ1n) is 12.1. The highest BCUT2D eigenvalue weighted by Crippen LogP contribution is 2.25. The van der Waals surface area contributed by atoms with Gasteiger partial charge in [0.25, 0.3) is 11.8 Å². The molecule has 0 spiro atoms. The van der Waals surface area contributed by atoms with Crippen LogP contribution < -0.4 is 15.5 Å². The number of nitrogens with zero attached hydrogens (tertiary/aromatic N) is 1. The zero-order valence-electron chi connectivity index (χ0n) is 21.8. The number of carbonyl (C=O) groups excluding carboxylic acids is 3. The molecule has 4 aromatic carbocycles. The number of anilines is 3. The second-order valence-corrected chi connectivity index (χ2v) is 8.76. The molecule has 4 rings (SSSR count). The Morgan fingerprint density at radius 1 is 0.641 bits per heavy atom. The van der Waals surface area contributed by atoms with Crippen molar-refractivity contribution >= 4 is 34.8 Å². The topological polar surface area (TPSA) is 87.7 Å². The van der Waals surface area contributed by atoms with Crippen molar-refractivity contribution in [2.45, 2.75) is 0 Å². The lowest BCUT2D eigenvalue weighted by molar-refractivity contribution is 0.0600. The van der Waals surface area contributed by atoms with E-state index in [0.29, 0.717) is 39.2 Å². The van der Waals surface area contributed by atoms with Gasteiger partial charge in [0.05, 0.1) is 29.6 Å². The number of carbonyl (C=O) groups is 3. The van der Waals surface area contributed by atoms with Crippen molar-refractivity contribution in [1.82, 2.24) is 0 Å². The first-order chi connectivity index (χ1) is 18.9. The van der Waals surface area contributed by atoms with E-state index in [2.05, 4.69) is 22.5 Å². The summed E-state index contributed by atoms with van der Waals surface area (Å²) in [6, 6.07) is 27.9. The van der Waals surface area contributed by atoms with Crippen molar-refractivity contribution in [2.75, 3.05) is 36.7 Å². The van der Waals surface area contributed by atoms with E-state index in [-0.39, 0.29) is 11.8 Å². The largest absolute Gasteiger partial charge is 0.465 e. The average Bonchev–Trinajstić information content (AvgIpc) is 2.97. The number of methoxy groups -OCH3 is 1. The van der Waals surface area contributed by atoms with Gasteiger partial charge in [-0.1, -0.05) is 36.1 Å². The van der Waals surface area contributed by atoms with Crippen molar-refractivity contribution in [3.05, 3.63) is 125 Å². The van der Waals surface area contributed by atoms with Crippen LogP contribution in [-0.4, -0.2) is 39.0 Å². The van der Waals surface area contributed by atoms with Crippen molar-refractivity contribution < 1.29 is 19.1 Å². The number of hydrogen-bond donors (Lipinski definition) is 2. The van der Waals surface area contributed by atoms with Gasteiger partial charge < -0.3 is 20.3 Å². The second-order valence-electron chi connectivity index (χ2n) is 8.76. The van der Waals surface area contributed by atoms with Crippen LogP contribution in [0.3, 0.4) is 0 Å². The van der Waals surface area contributed by atoms with E-state index in [0.717, 1.165) is 5.69 Å². The zero-order chi connectivity index (χ0) is 27.8. The van der Waals surface area contributed by atoms with Crippen molar-refractivity contribution in [3.8, 4) is 11.8 Å². The molecule has 0 aliphatic carbocycles. The van der Waals surface area contributed by atoms with Gasteiger partial charge in [-0.25, -0.2) is 4.79 Å². The summed E-state index contributed by atoms with van der Waals surface area (Å²) in [5.41, 5.74) is 4.33. The highest BCUT2D eigenvalue weighted by molar-refractivity contribution is 6.08. The minimum absolute atomic E-state index is 0.302. The molecule has 7 nitrogen and oxygen atoms in total. The Hall–Kier alpha value is -5.35. The molecule has 4 aromatic rings. The quantitative estimate of drug-likeness (QED) is 0.263. The molecule has 0 aliphatic rings.